The zero-order valence-electron chi connectivity index (χ0n) is 13.2. The lowest BCUT2D eigenvalue weighted by molar-refractivity contribution is -0.106. The molecule has 0 bridgehead atoms. The normalized spacial score (nSPS) is 10.1. The summed E-state index contributed by atoms with van der Waals surface area (Å²) in [6.07, 6.45) is 0.706. The summed E-state index contributed by atoms with van der Waals surface area (Å²) in [5, 5.41) is 3.11. The first-order valence-corrected chi connectivity index (χ1v) is 8.02. The number of hydrogen-bond donors (Lipinski definition) is 1. The van der Waals surface area contributed by atoms with Gasteiger partial charge in [0.1, 0.15) is 0 Å². The highest BCUT2D eigenvalue weighted by atomic mass is 35.5. The quantitative estimate of drug-likeness (QED) is 0.666. The molecule has 1 N–H and O–H groups in total. The second kappa shape index (κ2) is 7.64. The summed E-state index contributed by atoms with van der Waals surface area (Å²) in [5.74, 6) is -0.336. The molecule has 124 valence electrons. The number of benzene rings is 3. The van der Waals surface area contributed by atoms with Crippen molar-refractivity contribution >= 4 is 41.0 Å². The third-order valence-corrected chi connectivity index (χ3v) is 3.97. The van der Waals surface area contributed by atoms with E-state index in [4.69, 9.17) is 11.6 Å². The molecule has 0 fully saturated rings. The van der Waals surface area contributed by atoms with Crippen LogP contribution in [0.25, 0.3) is 0 Å². The zero-order valence-corrected chi connectivity index (χ0v) is 14.0. The minimum Gasteiger partial charge on any atom is -0.322 e. The van der Waals surface area contributed by atoms with Crippen LogP contribution in [-0.2, 0) is 4.79 Å². The van der Waals surface area contributed by atoms with Gasteiger partial charge in [0.05, 0.1) is 10.6 Å². The molecule has 25 heavy (non-hydrogen) atoms. The fourth-order valence-corrected chi connectivity index (χ4v) is 2.62. The van der Waals surface area contributed by atoms with E-state index in [0.29, 0.717) is 34.1 Å². The molecule has 0 atom stereocenters. The van der Waals surface area contributed by atoms with Gasteiger partial charge in [-0.25, -0.2) is 0 Å². The molecular formula is C20H15ClN2O2. The number of hydrogen-bond acceptors (Lipinski definition) is 2. The lowest BCUT2D eigenvalue weighted by Gasteiger charge is -2.18. The molecule has 0 radical (unpaired) electrons. The van der Waals surface area contributed by atoms with Crippen LogP contribution in [0.4, 0.5) is 17.1 Å². The van der Waals surface area contributed by atoms with Gasteiger partial charge in [-0.1, -0.05) is 48.0 Å². The molecule has 0 saturated heterocycles. The van der Waals surface area contributed by atoms with E-state index < -0.39 is 0 Å². The number of nitrogens with one attached hydrogen (secondary N) is 1. The fraction of sp³-hybridized carbons (Fsp3) is 0. The molecule has 0 aliphatic rings. The summed E-state index contributed by atoms with van der Waals surface area (Å²) in [6.45, 7) is 0. The van der Waals surface area contributed by atoms with Gasteiger partial charge < -0.3 is 5.32 Å². The number of para-hydroxylation sites is 2. The van der Waals surface area contributed by atoms with Crippen LogP contribution in [0, 0.1) is 0 Å². The van der Waals surface area contributed by atoms with Crippen molar-refractivity contribution in [3.8, 4) is 0 Å². The van der Waals surface area contributed by atoms with Gasteiger partial charge in [-0.3, -0.25) is 14.5 Å². The van der Waals surface area contributed by atoms with E-state index in [2.05, 4.69) is 5.32 Å². The van der Waals surface area contributed by atoms with Gasteiger partial charge in [-0.2, -0.15) is 0 Å². The average molecular weight is 351 g/mol. The minimum atomic E-state index is -0.336. The molecule has 3 rings (SSSR count). The van der Waals surface area contributed by atoms with Crippen molar-refractivity contribution in [1.29, 1.82) is 0 Å². The maximum Gasteiger partial charge on any atom is 0.257 e. The van der Waals surface area contributed by atoms with Crippen molar-refractivity contribution in [2.45, 2.75) is 0 Å². The molecule has 0 unspecified atom stereocenters. The van der Waals surface area contributed by atoms with Crippen LogP contribution < -0.4 is 10.2 Å². The highest BCUT2D eigenvalue weighted by Gasteiger charge is 2.15. The van der Waals surface area contributed by atoms with Gasteiger partial charge in [0.15, 0.2) is 0 Å². The number of carbonyl (C=O) groups is 2. The molecule has 5 heteroatoms. The van der Waals surface area contributed by atoms with Crippen LogP contribution in [0.3, 0.4) is 0 Å². The van der Waals surface area contributed by atoms with Crippen molar-refractivity contribution in [1.82, 2.24) is 0 Å². The average Bonchev–Trinajstić information content (AvgIpc) is 2.65. The van der Waals surface area contributed by atoms with Crippen LogP contribution in [0.2, 0.25) is 5.02 Å². The molecule has 0 aromatic heterocycles. The van der Waals surface area contributed by atoms with Crippen LogP contribution in [-0.4, -0.2) is 12.3 Å². The minimum absolute atomic E-state index is 0.297. The van der Waals surface area contributed by atoms with Gasteiger partial charge in [0.2, 0.25) is 6.41 Å². The maximum absolute atomic E-state index is 12.5. The number of amides is 2. The Morgan fingerprint density at radius 3 is 2.16 bits per heavy atom. The van der Waals surface area contributed by atoms with Crippen molar-refractivity contribution in [2.24, 2.45) is 0 Å². The maximum atomic E-state index is 12.5. The lowest BCUT2D eigenvalue weighted by atomic mass is 10.1. The predicted molar refractivity (Wildman–Crippen MR) is 100 cm³/mol. The van der Waals surface area contributed by atoms with Crippen LogP contribution in [0.15, 0.2) is 78.9 Å². The molecule has 0 spiro atoms. The van der Waals surface area contributed by atoms with E-state index in [1.807, 2.05) is 48.5 Å². The summed E-state index contributed by atoms with van der Waals surface area (Å²) in [5.41, 5.74) is 2.23. The van der Waals surface area contributed by atoms with E-state index in [-0.39, 0.29) is 5.91 Å². The van der Waals surface area contributed by atoms with Gasteiger partial charge in [0.25, 0.3) is 5.91 Å². The first-order chi connectivity index (χ1) is 12.2. The molecule has 0 aliphatic carbocycles. The Morgan fingerprint density at radius 2 is 1.52 bits per heavy atom. The second-order valence-corrected chi connectivity index (χ2v) is 5.70. The molecule has 0 aliphatic heterocycles. The van der Waals surface area contributed by atoms with Crippen LogP contribution in [0.1, 0.15) is 10.4 Å². The summed E-state index contributed by atoms with van der Waals surface area (Å²) in [4.78, 5) is 25.5. The number of halogens is 1. The zero-order chi connectivity index (χ0) is 17.6. The van der Waals surface area contributed by atoms with E-state index >= 15 is 0 Å². The van der Waals surface area contributed by atoms with Crippen LogP contribution >= 0.6 is 11.6 Å². The Labute approximate surface area is 150 Å². The van der Waals surface area contributed by atoms with E-state index in [1.165, 1.54) is 4.90 Å². The number of rotatable bonds is 5. The largest absolute Gasteiger partial charge is 0.322 e. The topological polar surface area (TPSA) is 49.4 Å². The molecule has 3 aromatic rings. The summed E-state index contributed by atoms with van der Waals surface area (Å²) in [7, 11) is 0. The Morgan fingerprint density at radius 1 is 0.880 bits per heavy atom. The van der Waals surface area contributed by atoms with Gasteiger partial charge in [-0.05, 0) is 42.5 Å². The fourth-order valence-electron chi connectivity index (χ4n) is 2.42. The Hall–Kier alpha value is -3.11. The summed E-state index contributed by atoms with van der Waals surface area (Å²) >= 11 is 6.18. The second-order valence-electron chi connectivity index (χ2n) is 5.30. The number of carbonyl (C=O) groups excluding carboxylic acids is 2. The molecule has 0 saturated carbocycles. The summed E-state index contributed by atoms with van der Waals surface area (Å²) < 4.78 is 0. The van der Waals surface area contributed by atoms with Crippen LogP contribution in [0.5, 0.6) is 0 Å². The van der Waals surface area contributed by atoms with E-state index in [1.54, 1.807) is 30.3 Å². The first kappa shape index (κ1) is 16.7. The monoisotopic (exact) mass is 350 g/mol. The molecule has 2 amide bonds. The van der Waals surface area contributed by atoms with E-state index in [0.717, 1.165) is 0 Å². The highest BCUT2D eigenvalue weighted by molar-refractivity contribution is 6.34. The lowest BCUT2D eigenvalue weighted by Crippen LogP contribution is -2.16. The van der Waals surface area contributed by atoms with Gasteiger partial charge >= 0.3 is 0 Å². The summed E-state index contributed by atoms with van der Waals surface area (Å²) in [6, 6.07) is 23.2. The van der Waals surface area contributed by atoms with Gasteiger partial charge in [-0.15, -0.1) is 0 Å². The van der Waals surface area contributed by atoms with Crippen molar-refractivity contribution < 1.29 is 9.59 Å². The number of nitrogens with zero attached hydrogens (tertiary/aromatic N) is 1. The first-order valence-electron chi connectivity index (χ1n) is 7.64. The Bertz CT molecular complexity index is 883. The predicted octanol–water partition coefficient (Wildman–Crippen LogP) is 4.89. The van der Waals surface area contributed by atoms with Crippen molar-refractivity contribution in [3.63, 3.8) is 0 Å². The van der Waals surface area contributed by atoms with Gasteiger partial charge in [0, 0.05) is 17.1 Å². The molecule has 4 nitrogen and oxygen atoms in total. The number of anilines is 3. The highest BCUT2D eigenvalue weighted by Crippen LogP contribution is 2.28. The van der Waals surface area contributed by atoms with E-state index in [9.17, 15) is 9.59 Å². The third kappa shape index (κ3) is 3.87. The standard InChI is InChI=1S/C20H15ClN2O2/c21-19-12-11-17(23(14-24)16-9-5-2-6-10-16)13-18(19)20(25)22-15-7-3-1-4-8-15/h1-14H,(H,22,25). The van der Waals surface area contributed by atoms with Crippen molar-refractivity contribution in [3.05, 3.63) is 89.4 Å². The third-order valence-electron chi connectivity index (χ3n) is 3.64. The molecule has 0 heterocycles. The smallest absolute Gasteiger partial charge is 0.257 e. The SMILES string of the molecule is O=CN(c1ccccc1)c1ccc(Cl)c(C(=O)Nc2ccccc2)c1. The Kier molecular flexibility index (Phi) is 5.11. The Balaban J connectivity index is 1.92. The van der Waals surface area contributed by atoms with Crippen molar-refractivity contribution in [2.75, 3.05) is 10.2 Å². The molecular weight excluding hydrogens is 336 g/mol. The molecule has 3 aromatic carbocycles.